The Labute approximate surface area is 141 Å². The molecule has 1 aromatic carbocycles. The van der Waals surface area contributed by atoms with E-state index in [9.17, 15) is 4.79 Å². The van der Waals surface area contributed by atoms with Gasteiger partial charge < -0.3 is 20.5 Å². The molecule has 1 amide bonds. The van der Waals surface area contributed by atoms with E-state index in [1.54, 1.807) is 6.33 Å². The van der Waals surface area contributed by atoms with Crippen LogP contribution in [0.3, 0.4) is 0 Å². The number of aromatic nitrogens is 2. The summed E-state index contributed by atoms with van der Waals surface area (Å²) < 4.78 is 0. The molecule has 4 rings (SSSR count). The number of fused-ring (bicyclic) bond motifs is 1. The van der Waals surface area contributed by atoms with Crippen LogP contribution in [0.25, 0.3) is 11.3 Å². The van der Waals surface area contributed by atoms with Crippen molar-refractivity contribution in [3.05, 3.63) is 48.0 Å². The quantitative estimate of drug-likeness (QED) is 0.755. The van der Waals surface area contributed by atoms with E-state index >= 15 is 0 Å². The molecule has 2 aliphatic rings. The molecule has 3 N–H and O–H groups in total. The number of carbonyl (C=O) groups excluding carboxylic acids is 1. The summed E-state index contributed by atoms with van der Waals surface area (Å²) in [5.41, 5.74) is 4.05. The summed E-state index contributed by atoms with van der Waals surface area (Å²) in [6.07, 6.45) is 5.59. The highest BCUT2D eigenvalue weighted by atomic mass is 16.2. The Morgan fingerprint density at radius 3 is 2.83 bits per heavy atom. The highest BCUT2D eigenvalue weighted by Crippen LogP contribution is 2.35. The second-order valence-electron chi connectivity index (χ2n) is 6.43. The van der Waals surface area contributed by atoms with Crippen LogP contribution in [0.5, 0.6) is 0 Å². The van der Waals surface area contributed by atoms with Gasteiger partial charge in [-0.05, 0) is 39.0 Å². The lowest BCUT2D eigenvalue weighted by Gasteiger charge is -2.31. The summed E-state index contributed by atoms with van der Waals surface area (Å²) >= 11 is 0. The van der Waals surface area contributed by atoms with Gasteiger partial charge in [0.15, 0.2) is 0 Å². The maximum atomic E-state index is 12.6. The van der Waals surface area contributed by atoms with Crippen LogP contribution >= 0.6 is 0 Å². The number of amides is 1. The molecule has 124 valence electrons. The van der Waals surface area contributed by atoms with Gasteiger partial charge in [0.25, 0.3) is 5.91 Å². The van der Waals surface area contributed by atoms with Crippen LogP contribution in [0.15, 0.2) is 36.8 Å². The molecular formula is C18H21N5O. The maximum absolute atomic E-state index is 12.6. The minimum atomic E-state index is -0.0744. The van der Waals surface area contributed by atoms with E-state index in [1.165, 1.54) is 0 Å². The highest BCUT2D eigenvalue weighted by molar-refractivity contribution is 6.36. The maximum Gasteiger partial charge on any atom is 0.258 e. The van der Waals surface area contributed by atoms with E-state index < -0.39 is 0 Å². The Morgan fingerprint density at radius 1 is 1.29 bits per heavy atom. The number of carbonyl (C=O) groups is 1. The standard InChI is InChI=1S/C18H21N5O/c1-23-8-6-12(7-9-23)21-17(15-10-19-11-20-15)16-13-4-2-3-5-14(13)22-18(16)24/h2-5,10-12,21H,6-9H2,1H3,(H,19,20)(H,22,24)/b17-16-. The molecule has 0 aliphatic carbocycles. The van der Waals surface area contributed by atoms with Crippen molar-refractivity contribution in [1.82, 2.24) is 20.2 Å². The fourth-order valence-electron chi connectivity index (χ4n) is 3.39. The molecule has 24 heavy (non-hydrogen) atoms. The number of aromatic amines is 1. The van der Waals surface area contributed by atoms with Crippen molar-refractivity contribution < 1.29 is 4.79 Å². The highest BCUT2D eigenvalue weighted by Gasteiger charge is 2.30. The molecule has 0 spiro atoms. The van der Waals surface area contributed by atoms with Crippen molar-refractivity contribution in [2.75, 3.05) is 25.5 Å². The molecule has 2 aliphatic heterocycles. The van der Waals surface area contributed by atoms with Crippen molar-refractivity contribution in [2.24, 2.45) is 0 Å². The molecule has 0 atom stereocenters. The monoisotopic (exact) mass is 323 g/mol. The molecule has 6 heteroatoms. The molecule has 0 radical (unpaired) electrons. The van der Waals surface area contributed by atoms with Crippen LogP contribution < -0.4 is 10.6 Å². The zero-order valence-corrected chi connectivity index (χ0v) is 13.7. The minimum absolute atomic E-state index is 0.0744. The van der Waals surface area contributed by atoms with Gasteiger partial charge in [-0.2, -0.15) is 0 Å². The van der Waals surface area contributed by atoms with E-state index in [0.29, 0.717) is 11.6 Å². The molecule has 0 unspecified atom stereocenters. The Kier molecular flexibility index (Phi) is 3.82. The van der Waals surface area contributed by atoms with Gasteiger partial charge in [0.05, 0.1) is 17.6 Å². The third-order valence-electron chi connectivity index (χ3n) is 4.74. The number of hydrogen-bond acceptors (Lipinski definition) is 4. The van der Waals surface area contributed by atoms with Gasteiger partial charge in [0.2, 0.25) is 0 Å². The van der Waals surface area contributed by atoms with Crippen molar-refractivity contribution >= 4 is 22.9 Å². The van der Waals surface area contributed by atoms with E-state index in [2.05, 4.69) is 32.5 Å². The molecule has 6 nitrogen and oxygen atoms in total. The molecule has 1 saturated heterocycles. The molecule has 1 fully saturated rings. The summed E-state index contributed by atoms with van der Waals surface area (Å²) in [6.45, 7) is 2.12. The number of anilines is 1. The van der Waals surface area contributed by atoms with Gasteiger partial charge in [0.1, 0.15) is 5.69 Å². The van der Waals surface area contributed by atoms with Gasteiger partial charge in [-0.1, -0.05) is 18.2 Å². The van der Waals surface area contributed by atoms with Crippen molar-refractivity contribution in [2.45, 2.75) is 18.9 Å². The summed E-state index contributed by atoms with van der Waals surface area (Å²) in [5, 5.41) is 6.55. The Hall–Kier alpha value is -2.60. The van der Waals surface area contributed by atoms with E-state index in [0.717, 1.165) is 48.6 Å². The topological polar surface area (TPSA) is 73.1 Å². The fourth-order valence-corrected chi connectivity index (χ4v) is 3.39. The Morgan fingerprint density at radius 2 is 2.08 bits per heavy atom. The lowest BCUT2D eigenvalue weighted by atomic mass is 10.0. The van der Waals surface area contributed by atoms with Gasteiger partial charge in [-0.15, -0.1) is 0 Å². The molecule has 0 saturated carbocycles. The van der Waals surface area contributed by atoms with E-state index in [4.69, 9.17) is 0 Å². The molecular weight excluding hydrogens is 302 g/mol. The van der Waals surface area contributed by atoms with Crippen molar-refractivity contribution in [1.29, 1.82) is 0 Å². The zero-order valence-electron chi connectivity index (χ0n) is 13.7. The predicted molar refractivity (Wildman–Crippen MR) is 94.1 cm³/mol. The predicted octanol–water partition coefficient (Wildman–Crippen LogP) is 1.91. The van der Waals surface area contributed by atoms with E-state index in [1.807, 2.05) is 30.5 Å². The van der Waals surface area contributed by atoms with E-state index in [-0.39, 0.29) is 5.91 Å². The molecule has 0 bridgehead atoms. The first-order valence-corrected chi connectivity index (χ1v) is 8.31. The van der Waals surface area contributed by atoms with Gasteiger partial charge >= 0.3 is 0 Å². The third-order valence-corrected chi connectivity index (χ3v) is 4.74. The third kappa shape index (κ3) is 2.69. The van der Waals surface area contributed by atoms with Crippen LogP contribution in [-0.2, 0) is 4.79 Å². The number of hydrogen-bond donors (Lipinski definition) is 3. The second kappa shape index (κ2) is 6.13. The van der Waals surface area contributed by atoms with Crippen LogP contribution in [-0.4, -0.2) is 47.0 Å². The van der Waals surface area contributed by atoms with Gasteiger partial charge in [-0.25, -0.2) is 4.98 Å². The number of likely N-dealkylation sites (tertiary alicyclic amines) is 1. The molecule has 2 aromatic rings. The fraction of sp³-hybridized carbons (Fsp3) is 0.333. The van der Waals surface area contributed by atoms with Gasteiger partial charge in [-0.3, -0.25) is 4.79 Å². The molecule has 1 aromatic heterocycles. The Balaban J connectivity index is 1.75. The number of imidazole rings is 1. The smallest absolute Gasteiger partial charge is 0.258 e. The number of para-hydroxylation sites is 1. The number of rotatable bonds is 3. The van der Waals surface area contributed by atoms with Crippen LogP contribution in [0, 0.1) is 0 Å². The second-order valence-corrected chi connectivity index (χ2v) is 6.43. The lowest BCUT2D eigenvalue weighted by Crippen LogP contribution is -2.40. The number of nitrogens with one attached hydrogen (secondary N) is 3. The largest absolute Gasteiger partial charge is 0.380 e. The first kappa shape index (κ1) is 15.0. The van der Waals surface area contributed by atoms with Crippen molar-refractivity contribution in [3.8, 4) is 0 Å². The lowest BCUT2D eigenvalue weighted by molar-refractivity contribution is -0.110. The normalized spacial score (nSPS) is 20.6. The molecule has 3 heterocycles. The summed E-state index contributed by atoms with van der Waals surface area (Å²) in [6, 6.07) is 8.14. The average Bonchev–Trinajstić information content (AvgIpc) is 3.22. The SMILES string of the molecule is CN1CCC(N/C(=C2\C(=O)Nc3ccccc32)c2c[nH]cn2)CC1. The number of H-pyrrole nitrogens is 1. The summed E-state index contributed by atoms with van der Waals surface area (Å²) in [4.78, 5) is 22.3. The summed E-state index contributed by atoms with van der Waals surface area (Å²) in [5.74, 6) is -0.0744. The van der Waals surface area contributed by atoms with Crippen LogP contribution in [0.1, 0.15) is 24.1 Å². The van der Waals surface area contributed by atoms with Gasteiger partial charge in [0, 0.05) is 23.5 Å². The number of nitrogens with zero attached hydrogens (tertiary/aromatic N) is 2. The number of piperidine rings is 1. The summed E-state index contributed by atoms with van der Waals surface area (Å²) in [7, 11) is 2.14. The van der Waals surface area contributed by atoms with Crippen molar-refractivity contribution in [3.63, 3.8) is 0 Å². The minimum Gasteiger partial charge on any atom is -0.380 e. The van der Waals surface area contributed by atoms with Crippen LogP contribution in [0.2, 0.25) is 0 Å². The number of benzene rings is 1. The Bertz CT molecular complexity index is 772. The average molecular weight is 323 g/mol. The van der Waals surface area contributed by atoms with Crippen LogP contribution in [0.4, 0.5) is 5.69 Å². The first-order valence-electron chi connectivity index (χ1n) is 8.31. The zero-order chi connectivity index (χ0) is 16.5. The first-order chi connectivity index (χ1) is 11.7.